The number of hydrogen-bond acceptors (Lipinski definition) is 3. The van der Waals surface area contributed by atoms with E-state index in [4.69, 9.17) is 4.74 Å². The summed E-state index contributed by atoms with van der Waals surface area (Å²) in [6.07, 6.45) is 10.5. The fraction of sp³-hybridized carbons (Fsp3) is 0.474. The molecule has 41 heavy (non-hydrogen) atoms. The van der Waals surface area contributed by atoms with Gasteiger partial charge in [-0.15, -0.1) is 0 Å². The van der Waals surface area contributed by atoms with Crippen molar-refractivity contribution in [3.8, 4) is 11.5 Å². The molecule has 3 aromatic rings. The molecule has 0 radical (unpaired) electrons. The highest BCUT2D eigenvalue weighted by atomic mass is 16.5. The van der Waals surface area contributed by atoms with Crippen molar-refractivity contribution in [2.75, 3.05) is 11.4 Å². The number of benzene rings is 3. The minimum absolute atomic E-state index is 0.00411. The Kier molecular flexibility index (Phi) is 8.82. The topological polar surface area (TPSA) is 32.7 Å². The lowest BCUT2D eigenvalue weighted by Gasteiger charge is -2.48. The van der Waals surface area contributed by atoms with Crippen LogP contribution in [0.25, 0.3) is 0 Å². The van der Waals surface area contributed by atoms with E-state index in [9.17, 15) is 5.11 Å². The van der Waals surface area contributed by atoms with Crippen LogP contribution in [-0.4, -0.2) is 17.3 Å². The van der Waals surface area contributed by atoms with Gasteiger partial charge in [-0.2, -0.15) is 0 Å². The molecule has 3 nitrogen and oxygen atoms in total. The van der Waals surface area contributed by atoms with Gasteiger partial charge < -0.3 is 14.7 Å². The number of phenols is 1. The number of allylic oxidation sites excluding steroid dienone is 1. The molecular formula is C38H49NO2. The van der Waals surface area contributed by atoms with Crippen molar-refractivity contribution in [1.29, 1.82) is 0 Å². The summed E-state index contributed by atoms with van der Waals surface area (Å²) in [6.45, 7) is 13.1. The monoisotopic (exact) mass is 551 g/mol. The summed E-state index contributed by atoms with van der Waals surface area (Å²) >= 11 is 0. The first-order chi connectivity index (χ1) is 19.7. The molecule has 0 spiro atoms. The Bertz CT molecular complexity index is 1330. The third-order valence-corrected chi connectivity index (χ3v) is 9.55. The van der Waals surface area contributed by atoms with E-state index < -0.39 is 0 Å². The summed E-state index contributed by atoms with van der Waals surface area (Å²) < 4.78 is 6.71. The van der Waals surface area contributed by atoms with Crippen molar-refractivity contribution in [3.63, 3.8) is 0 Å². The number of fused-ring (bicyclic) bond motifs is 3. The van der Waals surface area contributed by atoms with Gasteiger partial charge in [0, 0.05) is 36.2 Å². The van der Waals surface area contributed by atoms with Crippen LogP contribution >= 0.6 is 0 Å². The van der Waals surface area contributed by atoms with Crippen molar-refractivity contribution in [2.45, 2.75) is 103 Å². The Balaban J connectivity index is 1.41. The fourth-order valence-corrected chi connectivity index (χ4v) is 7.05. The Labute approximate surface area is 248 Å². The van der Waals surface area contributed by atoms with Gasteiger partial charge in [0.05, 0.1) is 0 Å². The predicted molar refractivity (Wildman–Crippen MR) is 172 cm³/mol. The summed E-state index contributed by atoms with van der Waals surface area (Å²) in [6, 6.07) is 25.8. The number of para-hydroxylation sites is 1. The van der Waals surface area contributed by atoms with E-state index in [0.717, 1.165) is 43.7 Å². The van der Waals surface area contributed by atoms with Crippen molar-refractivity contribution >= 4 is 5.69 Å². The van der Waals surface area contributed by atoms with Gasteiger partial charge >= 0.3 is 0 Å². The summed E-state index contributed by atoms with van der Waals surface area (Å²) in [5, 5.41) is 11.6. The Morgan fingerprint density at radius 2 is 1.63 bits per heavy atom. The highest BCUT2D eigenvalue weighted by Crippen LogP contribution is 2.55. The number of hydrogen-bond donors (Lipinski definition) is 1. The lowest BCUT2D eigenvalue weighted by Crippen LogP contribution is -2.46. The number of aromatic hydroxyl groups is 1. The van der Waals surface area contributed by atoms with Crippen LogP contribution in [0.15, 0.2) is 84.4 Å². The molecule has 0 saturated heterocycles. The molecular weight excluding hydrogens is 502 g/mol. The molecule has 1 N–H and O–H groups in total. The maximum absolute atomic E-state index is 11.6. The quantitative estimate of drug-likeness (QED) is 0.190. The van der Waals surface area contributed by atoms with Gasteiger partial charge in [0.1, 0.15) is 17.1 Å². The molecule has 0 aromatic heterocycles. The first-order valence-electron chi connectivity index (χ1n) is 15.8. The van der Waals surface area contributed by atoms with E-state index in [1.54, 1.807) is 0 Å². The minimum atomic E-state index is -0.292. The van der Waals surface area contributed by atoms with Gasteiger partial charge in [-0.3, -0.25) is 0 Å². The molecule has 2 unspecified atom stereocenters. The van der Waals surface area contributed by atoms with Gasteiger partial charge in [-0.1, -0.05) is 107 Å². The number of phenolic OH excluding ortho intramolecular Hbond substituents is 1. The van der Waals surface area contributed by atoms with Crippen LogP contribution in [0.4, 0.5) is 5.69 Å². The second-order valence-electron chi connectivity index (χ2n) is 13.5. The zero-order valence-electron chi connectivity index (χ0n) is 25.8. The standard InChI is InChI=1S/C38H49NO2/c1-6-7-8-15-22-37(2,3)30-24-34(40)36-32-23-29(20-21-33(32)38(4,5)41-35(36)25-30)27-39(31-18-13-10-14-19-31)26-28-16-11-9-12-17-28/h9-14,16-20,24-25,32-33,40H,6-8,15,21-23,26-27H2,1-5H3. The van der Waals surface area contributed by atoms with Crippen LogP contribution in [0, 0.1) is 5.92 Å². The average Bonchev–Trinajstić information content (AvgIpc) is 2.95. The molecule has 0 amide bonds. The molecule has 218 valence electrons. The number of rotatable bonds is 11. The van der Waals surface area contributed by atoms with Crippen molar-refractivity contribution in [2.24, 2.45) is 5.92 Å². The Morgan fingerprint density at radius 1 is 0.927 bits per heavy atom. The van der Waals surface area contributed by atoms with E-state index in [1.165, 1.54) is 48.1 Å². The minimum Gasteiger partial charge on any atom is -0.508 e. The zero-order valence-corrected chi connectivity index (χ0v) is 25.8. The van der Waals surface area contributed by atoms with E-state index in [0.29, 0.717) is 11.7 Å². The first-order valence-corrected chi connectivity index (χ1v) is 15.8. The first kappa shape index (κ1) is 29.3. The second-order valence-corrected chi connectivity index (χ2v) is 13.5. The zero-order chi connectivity index (χ0) is 29.0. The number of unbranched alkanes of at least 4 members (excludes halogenated alkanes) is 3. The molecule has 2 aliphatic rings. The Morgan fingerprint density at radius 3 is 2.34 bits per heavy atom. The summed E-state index contributed by atoms with van der Waals surface area (Å²) in [5.74, 6) is 1.87. The molecule has 0 bridgehead atoms. The van der Waals surface area contributed by atoms with Crippen LogP contribution in [0.1, 0.15) is 102 Å². The SMILES string of the molecule is CCCCCCC(C)(C)c1cc(O)c2c(c1)OC(C)(C)C1CC=C(CN(Cc3ccccc3)c3ccccc3)CC21. The van der Waals surface area contributed by atoms with Gasteiger partial charge in [0.25, 0.3) is 0 Å². The van der Waals surface area contributed by atoms with E-state index in [1.807, 2.05) is 6.07 Å². The maximum Gasteiger partial charge on any atom is 0.127 e. The van der Waals surface area contributed by atoms with Gasteiger partial charge in [0.2, 0.25) is 0 Å². The molecule has 2 atom stereocenters. The fourth-order valence-electron chi connectivity index (χ4n) is 7.05. The molecule has 1 heterocycles. The van der Waals surface area contributed by atoms with E-state index in [2.05, 4.69) is 112 Å². The molecule has 0 saturated carbocycles. The highest BCUT2D eigenvalue weighted by molar-refractivity contribution is 5.55. The number of ether oxygens (including phenoxy) is 1. The van der Waals surface area contributed by atoms with Crippen LogP contribution in [-0.2, 0) is 12.0 Å². The summed E-state index contributed by atoms with van der Waals surface area (Å²) in [4.78, 5) is 2.48. The Hall–Kier alpha value is -3.20. The van der Waals surface area contributed by atoms with Crippen LogP contribution in [0.3, 0.4) is 0 Å². The van der Waals surface area contributed by atoms with Gasteiger partial charge in [-0.25, -0.2) is 0 Å². The molecule has 1 aliphatic heterocycles. The largest absolute Gasteiger partial charge is 0.508 e. The summed E-state index contributed by atoms with van der Waals surface area (Å²) in [5.41, 5.74) is 5.89. The van der Waals surface area contributed by atoms with Crippen LogP contribution in [0.5, 0.6) is 11.5 Å². The van der Waals surface area contributed by atoms with Crippen molar-refractivity contribution in [3.05, 3.63) is 101 Å². The maximum atomic E-state index is 11.6. The van der Waals surface area contributed by atoms with E-state index >= 15 is 0 Å². The lowest BCUT2D eigenvalue weighted by molar-refractivity contribution is 0.00730. The van der Waals surface area contributed by atoms with Crippen LogP contribution < -0.4 is 9.64 Å². The van der Waals surface area contributed by atoms with Crippen molar-refractivity contribution in [1.82, 2.24) is 0 Å². The third-order valence-electron chi connectivity index (χ3n) is 9.55. The predicted octanol–water partition coefficient (Wildman–Crippen LogP) is 9.94. The van der Waals surface area contributed by atoms with Gasteiger partial charge in [0.15, 0.2) is 0 Å². The molecule has 3 aromatic carbocycles. The van der Waals surface area contributed by atoms with E-state index in [-0.39, 0.29) is 16.9 Å². The molecule has 1 aliphatic carbocycles. The normalized spacial score (nSPS) is 19.5. The highest BCUT2D eigenvalue weighted by Gasteiger charge is 2.46. The third kappa shape index (κ3) is 6.66. The van der Waals surface area contributed by atoms with Crippen molar-refractivity contribution < 1.29 is 9.84 Å². The molecule has 5 rings (SSSR count). The molecule has 0 fully saturated rings. The second kappa shape index (κ2) is 12.3. The number of nitrogens with zero attached hydrogens (tertiary/aromatic N) is 1. The number of anilines is 1. The smallest absolute Gasteiger partial charge is 0.127 e. The van der Waals surface area contributed by atoms with Gasteiger partial charge in [-0.05, 0) is 73.9 Å². The average molecular weight is 552 g/mol. The molecule has 3 heteroatoms. The van der Waals surface area contributed by atoms with Crippen LogP contribution in [0.2, 0.25) is 0 Å². The lowest BCUT2D eigenvalue weighted by atomic mass is 9.66. The summed E-state index contributed by atoms with van der Waals surface area (Å²) in [7, 11) is 0.